The second kappa shape index (κ2) is 8.47. The maximum Gasteiger partial charge on any atom is 0.306 e. The summed E-state index contributed by atoms with van der Waals surface area (Å²) in [6, 6.07) is 5.10. The third-order valence-corrected chi connectivity index (χ3v) is 4.86. The number of carbonyl (C=O) groups is 2. The fourth-order valence-electron chi connectivity index (χ4n) is 2.80. The van der Waals surface area contributed by atoms with Crippen molar-refractivity contribution in [3.63, 3.8) is 0 Å². The molecule has 28 heavy (non-hydrogen) atoms. The average molecular weight is 402 g/mol. The van der Waals surface area contributed by atoms with Crippen LogP contribution in [0.5, 0.6) is 0 Å². The van der Waals surface area contributed by atoms with Crippen LogP contribution in [0, 0.1) is 19.7 Å². The number of hydrogen-bond acceptors (Lipinski definition) is 7. The molecular weight excluding hydrogens is 383 g/mol. The number of esters is 1. The zero-order chi connectivity index (χ0) is 20.3. The molecule has 3 rings (SSSR count). The highest BCUT2D eigenvalue weighted by molar-refractivity contribution is 7.98. The van der Waals surface area contributed by atoms with E-state index in [1.807, 2.05) is 20.1 Å². The molecule has 0 unspecified atom stereocenters. The number of benzene rings is 1. The first-order valence-electron chi connectivity index (χ1n) is 8.60. The standard InChI is InChI=1S/C19H19FN4O3S/c1-11-15(12(2)24-18(21-11)22-19(23-24)28-3)8-9-17(26)27-10-16(25)13-4-6-14(20)7-5-13/h4-7H,8-10H2,1-3H3. The van der Waals surface area contributed by atoms with Crippen LogP contribution in [0.25, 0.3) is 5.78 Å². The lowest BCUT2D eigenvalue weighted by atomic mass is 10.1. The van der Waals surface area contributed by atoms with E-state index in [0.29, 0.717) is 22.9 Å². The molecule has 3 aromatic rings. The number of Topliss-reactive ketones (excluding diaryl/α,β-unsaturated/α-hetero) is 1. The van der Waals surface area contributed by atoms with Crippen LogP contribution in [0.1, 0.15) is 33.7 Å². The van der Waals surface area contributed by atoms with Gasteiger partial charge in [0.2, 0.25) is 5.16 Å². The quantitative estimate of drug-likeness (QED) is 0.341. The van der Waals surface area contributed by atoms with Crippen molar-refractivity contribution in [2.24, 2.45) is 0 Å². The van der Waals surface area contributed by atoms with Gasteiger partial charge in [0.05, 0.1) is 0 Å². The summed E-state index contributed by atoms with van der Waals surface area (Å²) in [4.78, 5) is 32.8. The molecule has 0 saturated carbocycles. The second-order valence-electron chi connectivity index (χ2n) is 6.16. The number of nitrogens with zero attached hydrogens (tertiary/aromatic N) is 4. The van der Waals surface area contributed by atoms with E-state index in [2.05, 4.69) is 15.1 Å². The van der Waals surface area contributed by atoms with Crippen molar-refractivity contribution in [3.8, 4) is 0 Å². The minimum Gasteiger partial charge on any atom is -0.457 e. The van der Waals surface area contributed by atoms with E-state index in [0.717, 1.165) is 17.0 Å². The van der Waals surface area contributed by atoms with Crippen LogP contribution in [0.4, 0.5) is 4.39 Å². The Balaban J connectivity index is 1.61. The first-order valence-corrected chi connectivity index (χ1v) is 9.82. The van der Waals surface area contributed by atoms with E-state index in [4.69, 9.17) is 4.74 Å². The molecular formula is C19H19FN4O3S. The zero-order valence-electron chi connectivity index (χ0n) is 15.7. The van der Waals surface area contributed by atoms with Crippen LogP contribution < -0.4 is 0 Å². The number of ketones is 1. The summed E-state index contributed by atoms with van der Waals surface area (Å²) in [5.74, 6) is -0.772. The smallest absolute Gasteiger partial charge is 0.306 e. The highest BCUT2D eigenvalue weighted by atomic mass is 32.2. The van der Waals surface area contributed by atoms with Crippen LogP contribution in [0.3, 0.4) is 0 Å². The minimum atomic E-state index is -0.488. The van der Waals surface area contributed by atoms with Gasteiger partial charge in [-0.1, -0.05) is 11.8 Å². The van der Waals surface area contributed by atoms with Crippen molar-refractivity contribution < 1.29 is 18.7 Å². The topological polar surface area (TPSA) is 86.5 Å². The normalized spacial score (nSPS) is 11.0. The molecule has 0 bridgehead atoms. The molecule has 0 N–H and O–H groups in total. The number of aryl methyl sites for hydroxylation is 2. The molecule has 0 saturated heterocycles. The number of ether oxygens (including phenoxy) is 1. The van der Waals surface area contributed by atoms with Gasteiger partial charge in [-0.15, -0.1) is 5.10 Å². The maximum atomic E-state index is 12.9. The first-order chi connectivity index (χ1) is 13.4. The van der Waals surface area contributed by atoms with Crippen molar-refractivity contribution in [3.05, 3.63) is 52.6 Å². The van der Waals surface area contributed by atoms with Crippen molar-refractivity contribution >= 4 is 29.3 Å². The molecule has 2 heterocycles. The molecule has 7 nitrogen and oxygen atoms in total. The largest absolute Gasteiger partial charge is 0.457 e. The fourth-order valence-corrected chi connectivity index (χ4v) is 3.14. The van der Waals surface area contributed by atoms with Gasteiger partial charge in [-0.3, -0.25) is 9.59 Å². The summed E-state index contributed by atoms with van der Waals surface area (Å²) in [6.07, 6.45) is 2.41. The van der Waals surface area contributed by atoms with Crippen LogP contribution in [-0.2, 0) is 16.0 Å². The van der Waals surface area contributed by atoms with Gasteiger partial charge in [-0.25, -0.2) is 13.9 Å². The Bertz CT molecular complexity index is 1030. The molecule has 0 aliphatic heterocycles. The SMILES string of the molecule is CSc1nc2nc(C)c(CCC(=O)OCC(=O)c3ccc(F)cc3)c(C)n2n1. The summed E-state index contributed by atoms with van der Waals surface area (Å²) in [6.45, 7) is 3.39. The van der Waals surface area contributed by atoms with E-state index < -0.39 is 11.8 Å². The van der Waals surface area contributed by atoms with Crippen LogP contribution in [0.2, 0.25) is 0 Å². The third kappa shape index (κ3) is 4.36. The first kappa shape index (κ1) is 19.9. The summed E-state index contributed by atoms with van der Waals surface area (Å²) in [7, 11) is 0. The molecule has 0 aliphatic carbocycles. The van der Waals surface area contributed by atoms with E-state index in [-0.39, 0.29) is 18.8 Å². The van der Waals surface area contributed by atoms with Gasteiger partial charge in [-0.2, -0.15) is 4.98 Å². The monoisotopic (exact) mass is 402 g/mol. The van der Waals surface area contributed by atoms with Gasteiger partial charge in [0, 0.05) is 23.4 Å². The number of halogens is 1. The average Bonchev–Trinajstić information content (AvgIpc) is 3.09. The maximum absolute atomic E-state index is 12.9. The Labute approximate surface area is 165 Å². The highest BCUT2D eigenvalue weighted by Crippen LogP contribution is 2.18. The van der Waals surface area contributed by atoms with Gasteiger partial charge in [0.1, 0.15) is 5.82 Å². The molecule has 9 heteroatoms. The summed E-state index contributed by atoms with van der Waals surface area (Å²) < 4.78 is 19.6. The lowest BCUT2D eigenvalue weighted by Crippen LogP contribution is -2.15. The Morgan fingerprint density at radius 1 is 1.18 bits per heavy atom. The molecule has 0 fully saturated rings. The lowest BCUT2D eigenvalue weighted by Gasteiger charge is -2.10. The van der Waals surface area contributed by atoms with Crippen LogP contribution in [-0.4, -0.2) is 44.2 Å². The molecule has 2 aromatic heterocycles. The molecule has 1 aromatic carbocycles. The van der Waals surface area contributed by atoms with Gasteiger partial charge in [0.25, 0.3) is 5.78 Å². The van der Waals surface area contributed by atoms with Crippen LogP contribution >= 0.6 is 11.8 Å². The van der Waals surface area contributed by atoms with Gasteiger partial charge < -0.3 is 4.74 Å². The van der Waals surface area contributed by atoms with E-state index in [9.17, 15) is 14.0 Å². The fraction of sp³-hybridized carbons (Fsp3) is 0.316. The van der Waals surface area contributed by atoms with Gasteiger partial charge >= 0.3 is 5.97 Å². The summed E-state index contributed by atoms with van der Waals surface area (Å²) >= 11 is 1.43. The number of rotatable bonds is 7. The van der Waals surface area contributed by atoms with E-state index >= 15 is 0 Å². The van der Waals surface area contributed by atoms with Crippen molar-refractivity contribution in [2.45, 2.75) is 31.8 Å². The predicted octanol–water partition coefficient (Wildman–Crippen LogP) is 2.96. The van der Waals surface area contributed by atoms with E-state index in [1.54, 1.807) is 4.52 Å². The lowest BCUT2D eigenvalue weighted by molar-refractivity contribution is -0.142. The Morgan fingerprint density at radius 3 is 2.57 bits per heavy atom. The highest BCUT2D eigenvalue weighted by Gasteiger charge is 2.16. The van der Waals surface area contributed by atoms with E-state index in [1.165, 1.54) is 36.0 Å². The van der Waals surface area contributed by atoms with Crippen molar-refractivity contribution in [2.75, 3.05) is 12.9 Å². The molecule has 0 amide bonds. The molecule has 0 aliphatic rings. The number of hydrogen-bond donors (Lipinski definition) is 0. The number of aromatic nitrogens is 4. The second-order valence-corrected chi connectivity index (χ2v) is 6.94. The Hall–Kier alpha value is -2.81. The predicted molar refractivity (Wildman–Crippen MR) is 102 cm³/mol. The Morgan fingerprint density at radius 2 is 1.89 bits per heavy atom. The van der Waals surface area contributed by atoms with Crippen LogP contribution in [0.15, 0.2) is 29.4 Å². The van der Waals surface area contributed by atoms with Gasteiger partial charge in [0.15, 0.2) is 12.4 Å². The molecule has 0 spiro atoms. The Kier molecular flexibility index (Phi) is 6.03. The molecule has 0 atom stereocenters. The molecule has 146 valence electrons. The minimum absolute atomic E-state index is 0.107. The van der Waals surface area contributed by atoms with Gasteiger partial charge in [-0.05, 0) is 56.4 Å². The molecule has 0 radical (unpaired) electrons. The summed E-state index contributed by atoms with van der Waals surface area (Å²) in [5.41, 5.74) is 2.84. The van der Waals surface area contributed by atoms with Crippen molar-refractivity contribution in [1.29, 1.82) is 0 Å². The van der Waals surface area contributed by atoms with Crippen molar-refractivity contribution in [1.82, 2.24) is 19.6 Å². The summed E-state index contributed by atoms with van der Waals surface area (Å²) in [5, 5.41) is 5.01. The number of carbonyl (C=O) groups excluding carboxylic acids is 2. The third-order valence-electron chi connectivity index (χ3n) is 4.32. The number of fused-ring (bicyclic) bond motifs is 1. The zero-order valence-corrected chi connectivity index (χ0v) is 16.5. The number of thioether (sulfide) groups is 1.